The third kappa shape index (κ3) is 5.90. The molecule has 0 aromatic carbocycles. The topological polar surface area (TPSA) is 74.2 Å². The third-order valence-electron chi connectivity index (χ3n) is 6.10. The average molecular weight is 409 g/mol. The van der Waals surface area contributed by atoms with E-state index in [2.05, 4.69) is 31.2 Å². The highest BCUT2D eigenvalue weighted by Crippen LogP contribution is 2.28. The number of rotatable bonds is 9. The minimum absolute atomic E-state index is 0.235. The number of piperidine rings is 1. The summed E-state index contributed by atoms with van der Waals surface area (Å²) in [6.45, 7) is 2.74. The largest absolute Gasteiger partial charge is 0.367 e. The summed E-state index contributed by atoms with van der Waals surface area (Å²) in [7, 11) is 1.91. The van der Waals surface area contributed by atoms with E-state index in [1.54, 1.807) is 18.7 Å². The minimum Gasteiger partial charge on any atom is -0.367 e. The Kier molecular flexibility index (Phi) is 6.77. The van der Waals surface area contributed by atoms with Crippen molar-refractivity contribution in [3.8, 4) is 0 Å². The van der Waals surface area contributed by atoms with Gasteiger partial charge < -0.3 is 15.1 Å². The van der Waals surface area contributed by atoms with Crippen LogP contribution in [-0.2, 0) is 11.2 Å². The summed E-state index contributed by atoms with van der Waals surface area (Å²) in [6, 6.07) is 6.67. The van der Waals surface area contributed by atoms with E-state index in [0.29, 0.717) is 18.4 Å². The standard InChI is InChI=1S/C23H32N6O/c1-28(14-10-18-8-11-24-12-9-18)23(30)7-4-19-3-2-13-29(16-19)22-15-21(25-17-26-22)27-20-5-6-20/h8-9,11-12,15,17,19-20H,2-7,10,13-14,16H2,1H3,(H,25,26,27)/t19-/m0/s1. The molecular formula is C23H32N6O. The van der Waals surface area contributed by atoms with E-state index in [1.165, 1.54) is 24.8 Å². The molecule has 1 aliphatic carbocycles. The van der Waals surface area contributed by atoms with Gasteiger partial charge in [0, 0.05) is 57.6 Å². The van der Waals surface area contributed by atoms with E-state index < -0.39 is 0 Å². The molecule has 1 atom stereocenters. The van der Waals surface area contributed by atoms with Crippen LogP contribution in [0, 0.1) is 5.92 Å². The molecule has 0 unspecified atom stereocenters. The predicted molar refractivity (Wildman–Crippen MR) is 118 cm³/mol. The predicted octanol–water partition coefficient (Wildman–Crippen LogP) is 3.14. The van der Waals surface area contributed by atoms with Gasteiger partial charge in [-0.05, 0) is 62.1 Å². The van der Waals surface area contributed by atoms with Crippen molar-refractivity contribution in [1.82, 2.24) is 19.9 Å². The molecule has 2 aliphatic rings. The summed E-state index contributed by atoms with van der Waals surface area (Å²) in [5.41, 5.74) is 1.22. The van der Waals surface area contributed by atoms with E-state index >= 15 is 0 Å². The number of pyridine rings is 1. The van der Waals surface area contributed by atoms with Crippen LogP contribution >= 0.6 is 0 Å². The van der Waals surface area contributed by atoms with Crippen LogP contribution in [0.4, 0.5) is 11.6 Å². The van der Waals surface area contributed by atoms with Crippen molar-refractivity contribution < 1.29 is 4.79 Å². The SMILES string of the molecule is CN(CCc1ccncc1)C(=O)CC[C@@H]1CCCN(c2cc(NC3CC3)ncn2)C1. The second kappa shape index (κ2) is 9.87. The number of aromatic nitrogens is 3. The van der Waals surface area contributed by atoms with Crippen LogP contribution in [0.1, 0.15) is 44.1 Å². The van der Waals surface area contributed by atoms with E-state index in [9.17, 15) is 4.79 Å². The molecule has 30 heavy (non-hydrogen) atoms. The molecule has 1 saturated heterocycles. The van der Waals surface area contributed by atoms with E-state index in [4.69, 9.17) is 0 Å². The number of likely N-dealkylation sites (N-methyl/N-ethyl adjacent to an activating group) is 1. The number of hydrogen-bond acceptors (Lipinski definition) is 6. The molecule has 4 rings (SSSR count). The van der Waals surface area contributed by atoms with Gasteiger partial charge in [-0.25, -0.2) is 9.97 Å². The maximum atomic E-state index is 12.6. The van der Waals surface area contributed by atoms with Crippen molar-refractivity contribution >= 4 is 17.5 Å². The third-order valence-corrected chi connectivity index (χ3v) is 6.10. The first-order valence-corrected chi connectivity index (χ1v) is 11.1. The van der Waals surface area contributed by atoms with Gasteiger partial charge in [0.2, 0.25) is 5.91 Å². The van der Waals surface area contributed by atoms with Gasteiger partial charge in [0.1, 0.15) is 18.0 Å². The maximum absolute atomic E-state index is 12.6. The van der Waals surface area contributed by atoms with Gasteiger partial charge in [-0.1, -0.05) is 0 Å². The van der Waals surface area contributed by atoms with E-state index in [1.807, 2.05) is 24.1 Å². The Balaban J connectivity index is 1.23. The summed E-state index contributed by atoms with van der Waals surface area (Å²) in [5.74, 6) is 2.69. The van der Waals surface area contributed by atoms with Crippen LogP contribution in [-0.4, -0.2) is 58.5 Å². The molecule has 2 aromatic rings. The molecule has 0 bridgehead atoms. The van der Waals surface area contributed by atoms with Crippen LogP contribution in [0.5, 0.6) is 0 Å². The molecule has 1 aliphatic heterocycles. The molecule has 2 fully saturated rings. The zero-order valence-corrected chi connectivity index (χ0v) is 17.8. The molecule has 7 heteroatoms. The Labute approximate surface area is 178 Å². The smallest absolute Gasteiger partial charge is 0.222 e. The highest BCUT2D eigenvalue weighted by molar-refractivity contribution is 5.75. The molecule has 2 aromatic heterocycles. The van der Waals surface area contributed by atoms with Crippen LogP contribution in [0.15, 0.2) is 36.9 Å². The van der Waals surface area contributed by atoms with Crippen molar-refractivity contribution in [2.45, 2.75) is 51.0 Å². The van der Waals surface area contributed by atoms with Crippen LogP contribution in [0.2, 0.25) is 0 Å². The van der Waals surface area contributed by atoms with Crippen LogP contribution in [0.3, 0.4) is 0 Å². The normalized spacial score (nSPS) is 18.8. The Morgan fingerprint density at radius 2 is 2.07 bits per heavy atom. The van der Waals surface area contributed by atoms with Gasteiger partial charge in [0.15, 0.2) is 0 Å². The number of carbonyl (C=O) groups is 1. The number of nitrogens with one attached hydrogen (secondary N) is 1. The lowest BCUT2D eigenvalue weighted by atomic mass is 9.93. The summed E-state index contributed by atoms with van der Waals surface area (Å²) in [5, 5.41) is 3.45. The Morgan fingerprint density at radius 3 is 2.87 bits per heavy atom. The fraction of sp³-hybridized carbons (Fsp3) is 0.565. The summed E-state index contributed by atoms with van der Waals surface area (Å²) < 4.78 is 0. The highest BCUT2D eigenvalue weighted by Gasteiger charge is 2.24. The van der Waals surface area contributed by atoms with Gasteiger partial charge >= 0.3 is 0 Å². The second-order valence-corrected chi connectivity index (χ2v) is 8.59. The quantitative estimate of drug-likeness (QED) is 0.687. The van der Waals surface area contributed by atoms with Crippen molar-refractivity contribution in [3.63, 3.8) is 0 Å². The molecule has 0 radical (unpaired) electrons. The first-order valence-electron chi connectivity index (χ1n) is 11.1. The number of nitrogens with zero attached hydrogens (tertiary/aromatic N) is 5. The molecular weight excluding hydrogens is 376 g/mol. The molecule has 1 amide bonds. The monoisotopic (exact) mass is 408 g/mol. The molecule has 1 saturated carbocycles. The zero-order chi connectivity index (χ0) is 20.8. The Morgan fingerprint density at radius 1 is 1.23 bits per heavy atom. The van der Waals surface area contributed by atoms with Crippen molar-refractivity contribution in [2.24, 2.45) is 5.92 Å². The Bertz CT molecular complexity index is 825. The Hall–Kier alpha value is -2.70. The zero-order valence-electron chi connectivity index (χ0n) is 17.8. The lowest BCUT2D eigenvalue weighted by Gasteiger charge is -2.34. The second-order valence-electron chi connectivity index (χ2n) is 8.59. The van der Waals surface area contributed by atoms with Gasteiger partial charge in [-0.15, -0.1) is 0 Å². The fourth-order valence-corrected chi connectivity index (χ4v) is 4.03. The van der Waals surface area contributed by atoms with Gasteiger partial charge in [0.25, 0.3) is 0 Å². The van der Waals surface area contributed by atoms with Gasteiger partial charge in [-0.3, -0.25) is 9.78 Å². The first-order chi connectivity index (χ1) is 14.7. The van der Waals surface area contributed by atoms with E-state index in [-0.39, 0.29) is 5.91 Å². The molecule has 0 spiro atoms. The molecule has 3 heterocycles. The number of carbonyl (C=O) groups excluding carboxylic acids is 1. The summed E-state index contributed by atoms with van der Waals surface area (Å²) in [4.78, 5) is 29.7. The van der Waals surface area contributed by atoms with E-state index in [0.717, 1.165) is 50.5 Å². The molecule has 1 N–H and O–H groups in total. The summed E-state index contributed by atoms with van der Waals surface area (Å²) in [6.07, 6.45) is 12.5. The van der Waals surface area contributed by atoms with Crippen LogP contribution < -0.4 is 10.2 Å². The van der Waals surface area contributed by atoms with Gasteiger partial charge in [0.05, 0.1) is 0 Å². The van der Waals surface area contributed by atoms with Gasteiger partial charge in [-0.2, -0.15) is 0 Å². The fourth-order valence-electron chi connectivity index (χ4n) is 4.03. The highest BCUT2D eigenvalue weighted by atomic mass is 16.2. The van der Waals surface area contributed by atoms with Crippen LogP contribution in [0.25, 0.3) is 0 Å². The maximum Gasteiger partial charge on any atom is 0.222 e. The lowest BCUT2D eigenvalue weighted by molar-refractivity contribution is -0.130. The lowest BCUT2D eigenvalue weighted by Crippen LogP contribution is -2.37. The first kappa shape index (κ1) is 20.6. The average Bonchev–Trinajstić information content (AvgIpc) is 3.61. The van der Waals surface area contributed by atoms with Crippen molar-refractivity contribution in [1.29, 1.82) is 0 Å². The van der Waals surface area contributed by atoms with Crippen molar-refractivity contribution in [3.05, 3.63) is 42.5 Å². The number of anilines is 2. The number of hydrogen-bond donors (Lipinski definition) is 1. The molecule has 160 valence electrons. The molecule has 7 nitrogen and oxygen atoms in total. The summed E-state index contributed by atoms with van der Waals surface area (Å²) >= 11 is 0. The minimum atomic E-state index is 0.235. The van der Waals surface area contributed by atoms with Crippen molar-refractivity contribution in [2.75, 3.05) is 36.9 Å². The number of amides is 1.